The predicted octanol–water partition coefficient (Wildman–Crippen LogP) is 3.28. The van der Waals surface area contributed by atoms with Gasteiger partial charge in [-0.05, 0) is 25.3 Å². The van der Waals surface area contributed by atoms with Crippen LogP contribution in [0.1, 0.15) is 43.6 Å². The lowest BCUT2D eigenvalue weighted by molar-refractivity contribution is -0.122. The van der Waals surface area contributed by atoms with E-state index in [1.165, 1.54) is 7.11 Å². The van der Waals surface area contributed by atoms with E-state index < -0.39 is 23.9 Å². The van der Waals surface area contributed by atoms with Gasteiger partial charge >= 0.3 is 0 Å². The highest BCUT2D eigenvalue weighted by atomic mass is 32.1. The molecule has 1 unspecified atom stereocenters. The smallest absolute Gasteiger partial charge is 0.295 e. The predicted molar refractivity (Wildman–Crippen MR) is 122 cm³/mol. The van der Waals surface area contributed by atoms with Crippen LogP contribution in [0.2, 0.25) is 0 Å². The number of aromatic nitrogens is 3. The minimum atomic E-state index is -2.91. The maximum Gasteiger partial charge on any atom is 0.295 e. The number of halogens is 2. The van der Waals surface area contributed by atoms with Crippen molar-refractivity contribution in [1.82, 2.24) is 19.9 Å². The fraction of sp³-hybridized carbons (Fsp3) is 0.455. The van der Waals surface area contributed by atoms with Crippen molar-refractivity contribution in [1.29, 1.82) is 0 Å². The summed E-state index contributed by atoms with van der Waals surface area (Å²) in [7, 11) is 1.43. The van der Waals surface area contributed by atoms with Crippen molar-refractivity contribution in [2.45, 2.75) is 44.8 Å². The van der Waals surface area contributed by atoms with Gasteiger partial charge in [-0.25, -0.2) is 18.7 Å². The van der Waals surface area contributed by atoms with Crippen LogP contribution in [0.25, 0.3) is 10.3 Å². The van der Waals surface area contributed by atoms with E-state index >= 15 is 0 Å². The Balaban J connectivity index is 1.61. The Labute approximate surface area is 193 Å². The summed E-state index contributed by atoms with van der Waals surface area (Å²) in [5.41, 5.74) is 0.391. The molecule has 0 spiro atoms. The van der Waals surface area contributed by atoms with Crippen LogP contribution in [-0.4, -0.2) is 46.7 Å². The van der Waals surface area contributed by atoms with Crippen LogP contribution in [0, 0.1) is 0 Å². The fourth-order valence-corrected chi connectivity index (χ4v) is 5.02. The lowest BCUT2D eigenvalue weighted by Crippen LogP contribution is -2.44. The first-order chi connectivity index (χ1) is 15.9. The van der Waals surface area contributed by atoms with E-state index in [1.807, 2.05) is 42.2 Å². The molecule has 1 fully saturated rings. The molecule has 33 heavy (non-hydrogen) atoms. The summed E-state index contributed by atoms with van der Waals surface area (Å²) in [5, 5.41) is 3.48. The van der Waals surface area contributed by atoms with Crippen molar-refractivity contribution in [2.75, 3.05) is 25.2 Å². The molecule has 1 saturated heterocycles. The second kappa shape index (κ2) is 9.92. The fourth-order valence-electron chi connectivity index (χ4n) is 4.00. The number of rotatable bonds is 8. The molecular formula is C22H25F2N5O3S. The third kappa shape index (κ3) is 4.74. The number of amides is 1. The van der Waals surface area contributed by atoms with Gasteiger partial charge in [0.2, 0.25) is 5.91 Å². The van der Waals surface area contributed by atoms with E-state index in [9.17, 15) is 18.4 Å². The molecule has 1 N–H and O–H groups in total. The number of ether oxygens (including phenoxy) is 1. The van der Waals surface area contributed by atoms with Gasteiger partial charge in [-0.1, -0.05) is 41.7 Å². The number of fused-ring (bicyclic) bond motifs is 1. The molecule has 0 radical (unpaired) electrons. The van der Waals surface area contributed by atoms with Gasteiger partial charge in [0.25, 0.3) is 12.0 Å². The van der Waals surface area contributed by atoms with Gasteiger partial charge in [-0.3, -0.25) is 14.2 Å². The van der Waals surface area contributed by atoms with Gasteiger partial charge in [0, 0.05) is 13.7 Å². The first kappa shape index (κ1) is 23.2. The minimum absolute atomic E-state index is 0.0271. The topological polar surface area (TPSA) is 89.3 Å². The zero-order valence-electron chi connectivity index (χ0n) is 18.3. The molecule has 0 aliphatic carbocycles. The zero-order chi connectivity index (χ0) is 23.5. The molecule has 11 heteroatoms. The number of carbonyl (C=O) groups excluding carboxylic acids is 1. The molecule has 2 atom stereocenters. The molecule has 2 aromatic heterocycles. The number of methoxy groups -OCH3 is 1. The van der Waals surface area contributed by atoms with Gasteiger partial charge < -0.3 is 15.0 Å². The highest BCUT2D eigenvalue weighted by molar-refractivity contribution is 7.21. The summed E-state index contributed by atoms with van der Waals surface area (Å²) in [4.78, 5) is 36.3. The molecule has 176 valence electrons. The molecule has 0 bridgehead atoms. The number of anilines is 1. The van der Waals surface area contributed by atoms with Crippen LogP contribution in [0.4, 0.5) is 13.9 Å². The molecular weight excluding hydrogens is 452 g/mol. The molecule has 3 heterocycles. The molecule has 1 amide bonds. The number of hydrogen-bond donors (Lipinski definition) is 1. The van der Waals surface area contributed by atoms with E-state index in [0.717, 1.165) is 27.9 Å². The van der Waals surface area contributed by atoms with Crippen LogP contribution >= 0.6 is 11.3 Å². The Bertz CT molecular complexity index is 1180. The summed E-state index contributed by atoms with van der Waals surface area (Å²) >= 11 is 1.06. The molecule has 3 aromatic rings. The average molecular weight is 478 g/mol. The van der Waals surface area contributed by atoms with Crippen molar-refractivity contribution < 1.29 is 18.3 Å². The number of alkyl halides is 2. The number of carbonyl (C=O) groups is 1. The van der Waals surface area contributed by atoms with Gasteiger partial charge in [0.1, 0.15) is 6.04 Å². The van der Waals surface area contributed by atoms with Crippen molar-refractivity contribution in [3.63, 3.8) is 0 Å². The summed E-state index contributed by atoms with van der Waals surface area (Å²) in [5.74, 6) is -0.742. The van der Waals surface area contributed by atoms with E-state index in [1.54, 1.807) is 0 Å². The van der Waals surface area contributed by atoms with E-state index in [0.29, 0.717) is 18.1 Å². The summed E-state index contributed by atoms with van der Waals surface area (Å²) in [6, 6.07) is 9.03. The van der Waals surface area contributed by atoms with E-state index in [-0.39, 0.29) is 35.4 Å². The lowest BCUT2D eigenvalue weighted by Gasteiger charge is -2.25. The SMILES string of the molecule is COCCn1c(C(F)F)nc2sc(N3CCCC3C(=O)N[C@H](C)c3ccccc3)nc2c1=O. The molecule has 1 aliphatic rings. The first-order valence-corrected chi connectivity index (χ1v) is 11.5. The van der Waals surface area contributed by atoms with Gasteiger partial charge in [-0.15, -0.1) is 0 Å². The van der Waals surface area contributed by atoms with E-state index in [4.69, 9.17) is 4.74 Å². The number of nitrogens with zero attached hydrogens (tertiary/aromatic N) is 4. The molecule has 4 rings (SSSR count). The summed E-state index contributed by atoms with van der Waals surface area (Å²) in [6.07, 6.45) is -1.49. The van der Waals surface area contributed by atoms with Gasteiger partial charge in [0.15, 0.2) is 21.3 Å². The van der Waals surface area contributed by atoms with Crippen molar-refractivity contribution >= 4 is 32.7 Å². The lowest BCUT2D eigenvalue weighted by atomic mass is 10.1. The third-order valence-electron chi connectivity index (χ3n) is 5.71. The Kier molecular flexibility index (Phi) is 6.99. The standard InChI is InChI=1S/C22H25F2N5O3S/c1-13(14-7-4-3-5-8-14)25-19(30)15-9-6-10-28(15)22-26-16-20(33-22)27-18(17(23)24)29(21(16)31)11-12-32-2/h3-5,7-8,13,15,17H,6,9-12H2,1-2H3,(H,25,30)/t13-,15?/m1/s1. The normalized spacial score (nSPS) is 17.1. The van der Waals surface area contributed by atoms with Crippen LogP contribution in [0.15, 0.2) is 35.1 Å². The van der Waals surface area contributed by atoms with E-state index in [2.05, 4.69) is 15.3 Å². The van der Waals surface area contributed by atoms with Crippen LogP contribution < -0.4 is 15.8 Å². The van der Waals surface area contributed by atoms with Crippen LogP contribution in [0.3, 0.4) is 0 Å². The average Bonchev–Trinajstić information content (AvgIpc) is 3.46. The largest absolute Gasteiger partial charge is 0.383 e. The quantitative estimate of drug-likeness (QED) is 0.536. The Morgan fingerprint density at radius 1 is 1.30 bits per heavy atom. The number of thiazole rings is 1. The second-order valence-corrected chi connectivity index (χ2v) is 8.82. The highest BCUT2D eigenvalue weighted by Crippen LogP contribution is 2.32. The van der Waals surface area contributed by atoms with Crippen molar-refractivity contribution in [3.8, 4) is 0 Å². The first-order valence-electron chi connectivity index (χ1n) is 10.7. The van der Waals surface area contributed by atoms with Crippen LogP contribution in [0.5, 0.6) is 0 Å². The molecule has 0 saturated carbocycles. The number of hydrogen-bond acceptors (Lipinski definition) is 7. The number of nitrogens with one attached hydrogen (secondary N) is 1. The summed E-state index contributed by atoms with van der Waals surface area (Å²) in [6.45, 7) is 2.55. The minimum Gasteiger partial charge on any atom is -0.383 e. The Morgan fingerprint density at radius 3 is 2.76 bits per heavy atom. The Morgan fingerprint density at radius 2 is 2.06 bits per heavy atom. The Hall–Kier alpha value is -2.92. The second-order valence-electron chi connectivity index (χ2n) is 7.86. The summed E-state index contributed by atoms with van der Waals surface area (Å²) < 4.78 is 33.0. The zero-order valence-corrected chi connectivity index (χ0v) is 19.1. The van der Waals surface area contributed by atoms with Crippen molar-refractivity contribution in [2.24, 2.45) is 0 Å². The highest BCUT2D eigenvalue weighted by Gasteiger charge is 2.34. The van der Waals surface area contributed by atoms with Gasteiger partial charge in [0.05, 0.1) is 19.2 Å². The van der Waals surface area contributed by atoms with Gasteiger partial charge in [-0.2, -0.15) is 0 Å². The maximum absolute atomic E-state index is 13.6. The van der Waals surface area contributed by atoms with Crippen molar-refractivity contribution in [3.05, 3.63) is 52.1 Å². The third-order valence-corrected chi connectivity index (χ3v) is 6.70. The molecule has 1 aliphatic heterocycles. The number of benzene rings is 1. The molecule has 1 aromatic carbocycles. The maximum atomic E-state index is 13.6. The monoisotopic (exact) mass is 477 g/mol. The van der Waals surface area contributed by atoms with Crippen LogP contribution in [-0.2, 0) is 16.1 Å². The molecule has 8 nitrogen and oxygen atoms in total.